The molecule has 0 N–H and O–H groups in total. The maximum absolute atomic E-state index is 11.3. The molecule has 1 aliphatic heterocycles. The first kappa shape index (κ1) is 11.7. The lowest BCUT2D eigenvalue weighted by atomic mass is 10.2. The summed E-state index contributed by atoms with van der Waals surface area (Å²) in [5.74, 6) is 0.278. The van der Waals surface area contributed by atoms with Gasteiger partial charge in [0.2, 0.25) is 5.91 Å². The van der Waals surface area contributed by atoms with Gasteiger partial charge in [0.05, 0.1) is 6.54 Å². The van der Waals surface area contributed by atoms with Crippen molar-refractivity contribution in [1.29, 1.82) is 0 Å². The molecular weight excluding hydrogens is 176 g/mol. The molecule has 0 unspecified atom stereocenters. The van der Waals surface area contributed by atoms with Gasteiger partial charge in [-0.1, -0.05) is 6.92 Å². The van der Waals surface area contributed by atoms with Crippen molar-refractivity contribution in [3.63, 3.8) is 0 Å². The number of nitrogens with zero attached hydrogens (tertiary/aromatic N) is 2. The average molecular weight is 193 g/mol. The lowest BCUT2D eigenvalue weighted by Crippen LogP contribution is -2.46. The molecule has 4 heteroatoms. The fourth-order valence-corrected chi connectivity index (χ4v) is 1.01. The number of halogens is 1. The van der Waals surface area contributed by atoms with E-state index in [1.54, 1.807) is 0 Å². The highest BCUT2D eigenvalue weighted by Gasteiger charge is 2.20. The van der Waals surface area contributed by atoms with Gasteiger partial charge in [0.15, 0.2) is 0 Å². The van der Waals surface area contributed by atoms with E-state index in [2.05, 4.69) is 6.92 Å². The van der Waals surface area contributed by atoms with Gasteiger partial charge in [-0.3, -0.25) is 9.69 Å². The summed E-state index contributed by atoms with van der Waals surface area (Å²) in [6, 6.07) is 0. The molecule has 0 saturated carbocycles. The van der Waals surface area contributed by atoms with Crippen molar-refractivity contribution in [1.82, 2.24) is 9.80 Å². The third kappa shape index (κ3) is 2.99. The zero-order chi connectivity index (χ0) is 8.27. The van der Waals surface area contributed by atoms with Crippen LogP contribution in [0.4, 0.5) is 0 Å². The Bertz CT molecular complexity index is 148. The molecule has 1 rings (SSSR count). The number of rotatable bonds is 3. The maximum Gasteiger partial charge on any atom is 0.236 e. The van der Waals surface area contributed by atoms with Gasteiger partial charge in [-0.05, 0) is 20.0 Å². The van der Waals surface area contributed by atoms with Gasteiger partial charge < -0.3 is 4.90 Å². The number of likely N-dealkylation sites (N-methyl/N-ethyl adjacent to an activating group) is 1. The van der Waals surface area contributed by atoms with Crippen molar-refractivity contribution in [3.8, 4) is 0 Å². The fraction of sp³-hybridized carbons (Fsp3) is 0.875. The zero-order valence-corrected chi connectivity index (χ0v) is 8.56. The Balaban J connectivity index is 0.00000121. The van der Waals surface area contributed by atoms with Crippen LogP contribution in [-0.2, 0) is 4.79 Å². The van der Waals surface area contributed by atoms with E-state index in [1.807, 2.05) is 16.8 Å². The minimum atomic E-state index is 0. The van der Waals surface area contributed by atoms with Crippen LogP contribution in [0.15, 0.2) is 0 Å². The highest BCUT2D eigenvalue weighted by molar-refractivity contribution is 5.85. The van der Waals surface area contributed by atoms with Crippen molar-refractivity contribution >= 4 is 18.3 Å². The van der Waals surface area contributed by atoms with Crippen LogP contribution in [0.5, 0.6) is 0 Å². The Kier molecular flexibility index (Phi) is 5.25. The van der Waals surface area contributed by atoms with Gasteiger partial charge in [-0.15, -0.1) is 12.4 Å². The van der Waals surface area contributed by atoms with E-state index >= 15 is 0 Å². The second-order valence-corrected chi connectivity index (χ2v) is 3.06. The molecular formula is C8H17ClN2O. The van der Waals surface area contributed by atoms with Crippen LogP contribution < -0.4 is 0 Å². The van der Waals surface area contributed by atoms with Gasteiger partial charge >= 0.3 is 0 Å². The molecule has 72 valence electrons. The zero-order valence-electron chi connectivity index (χ0n) is 7.75. The number of hydrogen-bond donors (Lipinski definition) is 0. The Labute approximate surface area is 80.1 Å². The molecule has 0 spiro atoms. The van der Waals surface area contributed by atoms with Crippen LogP contribution in [0, 0.1) is 0 Å². The van der Waals surface area contributed by atoms with E-state index in [0.717, 1.165) is 19.6 Å². The van der Waals surface area contributed by atoms with Crippen LogP contribution in [0.2, 0.25) is 0 Å². The van der Waals surface area contributed by atoms with Crippen molar-refractivity contribution in [2.75, 3.05) is 33.2 Å². The standard InChI is InChI=1S/C8H16N2O.ClH/c1-3-9(2)7-8(11)10-5-4-6-10;/h3-7H2,1-2H3;1H. The molecule has 0 aromatic heterocycles. The molecule has 0 radical (unpaired) electrons. The minimum Gasteiger partial charge on any atom is -0.341 e. The molecule has 0 bridgehead atoms. The second kappa shape index (κ2) is 5.38. The fourth-order valence-electron chi connectivity index (χ4n) is 1.01. The molecule has 1 aliphatic rings. The first-order chi connectivity index (χ1) is 5.24. The summed E-state index contributed by atoms with van der Waals surface area (Å²) in [5.41, 5.74) is 0. The third-order valence-electron chi connectivity index (χ3n) is 2.15. The summed E-state index contributed by atoms with van der Waals surface area (Å²) in [4.78, 5) is 15.2. The average Bonchev–Trinajstić information content (AvgIpc) is 1.83. The van der Waals surface area contributed by atoms with Crippen LogP contribution in [0.1, 0.15) is 13.3 Å². The first-order valence-electron chi connectivity index (χ1n) is 4.20. The first-order valence-corrected chi connectivity index (χ1v) is 4.20. The van der Waals surface area contributed by atoms with Gasteiger partial charge in [0, 0.05) is 13.1 Å². The van der Waals surface area contributed by atoms with Gasteiger partial charge in [0.1, 0.15) is 0 Å². The molecule has 0 aliphatic carbocycles. The van der Waals surface area contributed by atoms with Crippen LogP contribution in [0.3, 0.4) is 0 Å². The topological polar surface area (TPSA) is 23.6 Å². The van der Waals surface area contributed by atoms with Crippen molar-refractivity contribution in [2.45, 2.75) is 13.3 Å². The summed E-state index contributed by atoms with van der Waals surface area (Å²) in [6.45, 7) is 5.52. The van der Waals surface area contributed by atoms with Crippen LogP contribution >= 0.6 is 12.4 Å². The highest BCUT2D eigenvalue weighted by Crippen LogP contribution is 2.05. The molecule has 0 atom stereocenters. The molecule has 0 aromatic carbocycles. The lowest BCUT2D eigenvalue weighted by Gasteiger charge is -2.32. The van der Waals surface area contributed by atoms with Crippen LogP contribution in [0.25, 0.3) is 0 Å². The Morgan fingerprint density at radius 1 is 1.50 bits per heavy atom. The summed E-state index contributed by atoms with van der Waals surface area (Å²) in [5, 5.41) is 0. The summed E-state index contributed by atoms with van der Waals surface area (Å²) in [7, 11) is 1.97. The predicted octanol–water partition coefficient (Wildman–Crippen LogP) is 0.592. The number of carbonyl (C=O) groups is 1. The summed E-state index contributed by atoms with van der Waals surface area (Å²) < 4.78 is 0. The largest absolute Gasteiger partial charge is 0.341 e. The molecule has 12 heavy (non-hydrogen) atoms. The molecule has 0 aromatic rings. The van der Waals surface area contributed by atoms with E-state index in [4.69, 9.17) is 0 Å². The van der Waals surface area contributed by atoms with Crippen molar-refractivity contribution in [3.05, 3.63) is 0 Å². The van der Waals surface area contributed by atoms with Crippen molar-refractivity contribution < 1.29 is 4.79 Å². The lowest BCUT2D eigenvalue weighted by molar-refractivity contribution is -0.135. The number of likely N-dealkylation sites (tertiary alicyclic amines) is 1. The highest BCUT2D eigenvalue weighted by atomic mass is 35.5. The quantitative estimate of drug-likeness (QED) is 0.654. The smallest absolute Gasteiger partial charge is 0.236 e. The monoisotopic (exact) mass is 192 g/mol. The Morgan fingerprint density at radius 3 is 2.42 bits per heavy atom. The summed E-state index contributed by atoms with van der Waals surface area (Å²) >= 11 is 0. The minimum absolute atomic E-state index is 0. The Morgan fingerprint density at radius 2 is 2.08 bits per heavy atom. The number of amides is 1. The SMILES string of the molecule is CCN(C)CC(=O)N1CCC1.Cl. The number of carbonyl (C=O) groups excluding carboxylic acids is 1. The maximum atomic E-state index is 11.3. The van der Waals surface area contributed by atoms with Crippen molar-refractivity contribution in [2.24, 2.45) is 0 Å². The predicted molar refractivity (Wildman–Crippen MR) is 51.6 cm³/mol. The third-order valence-corrected chi connectivity index (χ3v) is 2.15. The molecule has 1 fully saturated rings. The molecule has 1 amide bonds. The van der Waals surface area contributed by atoms with Gasteiger partial charge in [0.25, 0.3) is 0 Å². The van der Waals surface area contributed by atoms with Gasteiger partial charge in [-0.25, -0.2) is 0 Å². The second-order valence-electron chi connectivity index (χ2n) is 3.06. The Hall–Kier alpha value is -0.280. The number of hydrogen-bond acceptors (Lipinski definition) is 2. The van der Waals surface area contributed by atoms with Gasteiger partial charge in [-0.2, -0.15) is 0 Å². The van der Waals surface area contributed by atoms with E-state index in [1.165, 1.54) is 6.42 Å². The van der Waals surface area contributed by atoms with E-state index < -0.39 is 0 Å². The summed E-state index contributed by atoms with van der Waals surface area (Å²) in [6.07, 6.45) is 1.18. The van der Waals surface area contributed by atoms with E-state index in [0.29, 0.717) is 6.54 Å². The molecule has 1 saturated heterocycles. The normalized spacial score (nSPS) is 15.4. The van der Waals surface area contributed by atoms with Crippen LogP contribution in [-0.4, -0.2) is 48.9 Å². The van der Waals surface area contributed by atoms with E-state index in [-0.39, 0.29) is 18.3 Å². The van der Waals surface area contributed by atoms with E-state index in [9.17, 15) is 4.79 Å². The molecule has 3 nitrogen and oxygen atoms in total. The molecule has 1 heterocycles.